The van der Waals surface area contributed by atoms with Crippen LogP contribution in [0.25, 0.3) is 0 Å². The van der Waals surface area contributed by atoms with Crippen LogP contribution in [0.1, 0.15) is 48.2 Å². The summed E-state index contributed by atoms with van der Waals surface area (Å²) in [6, 6.07) is 7.32. The molecule has 0 saturated carbocycles. The van der Waals surface area contributed by atoms with E-state index in [0.29, 0.717) is 23.5 Å². The summed E-state index contributed by atoms with van der Waals surface area (Å²) >= 11 is 1.05. The van der Waals surface area contributed by atoms with Crippen molar-refractivity contribution in [3.8, 4) is 0 Å². The third-order valence-corrected chi connectivity index (χ3v) is 8.42. The van der Waals surface area contributed by atoms with Crippen molar-refractivity contribution in [2.75, 3.05) is 13.1 Å². The summed E-state index contributed by atoms with van der Waals surface area (Å²) in [7, 11) is -3.55. The van der Waals surface area contributed by atoms with Crippen molar-refractivity contribution in [2.24, 2.45) is 0 Å². The van der Waals surface area contributed by atoms with Gasteiger partial charge in [0.25, 0.3) is 10.0 Å². The number of thiophene rings is 1. The first-order valence-electron chi connectivity index (χ1n) is 9.63. The van der Waals surface area contributed by atoms with Crippen LogP contribution in [0.4, 0.5) is 13.2 Å². The van der Waals surface area contributed by atoms with E-state index in [9.17, 15) is 26.4 Å². The minimum Gasteiger partial charge on any atom is -0.349 e. The monoisotopic (exact) mass is 460 g/mol. The molecule has 10 heteroatoms. The van der Waals surface area contributed by atoms with E-state index in [2.05, 4.69) is 5.32 Å². The molecule has 30 heavy (non-hydrogen) atoms. The van der Waals surface area contributed by atoms with Crippen molar-refractivity contribution in [3.05, 3.63) is 52.4 Å². The zero-order chi connectivity index (χ0) is 21.9. The van der Waals surface area contributed by atoms with Gasteiger partial charge in [0.15, 0.2) is 0 Å². The molecule has 1 saturated heterocycles. The van der Waals surface area contributed by atoms with E-state index < -0.39 is 27.8 Å². The zero-order valence-electron chi connectivity index (χ0n) is 16.4. The molecule has 2 aromatic rings. The Bertz CT molecular complexity index is 997. The largest absolute Gasteiger partial charge is 0.416 e. The number of amides is 1. The van der Waals surface area contributed by atoms with Gasteiger partial charge in [-0.15, -0.1) is 11.3 Å². The van der Waals surface area contributed by atoms with Gasteiger partial charge in [-0.3, -0.25) is 4.79 Å². The fourth-order valence-corrected chi connectivity index (χ4v) is 6.37. The molecule has 1 amide bonds. The highest BCUT2D eigenvalue weighted by molar-refractivity contribution is 7.91. The topological polar surface area (TPSA) is 66.5 Å². The summed E-state index contributed by atoms with van der Waals surface area (Å²) < 4.78 is 65.7. The highest BCUT2D eigenvalue weighted by atomic mass is 32.2. The second-order valence-corrected chi connectivity index (χ2v) is 10.6. The maximum atomic E-state index is 12.9. The number of carbonyl (C=O) groups is 1. The van der Waals surface area contributed by atoms with Crippen molar-refractivity contribution >= 4 is 27.3 Å². The molecule has 1 aromatic carbocycles. The van der Waals surface area contributed by atoms with Crippen LogP contribution in [-0.2, 0) is 27.4 Å². The van der Waals surface area contributed by atoms with E-state index in [4.69, 9.17) is 0 Å². The average Bonchev–Trinajstić information content (AvgIpc) is 3.17. The second kappa shape index (κ2) is 9.07. The van der Waals surface area contributed by atoms with Gasteiger partial charge in [0.2, 0.25) is 5.91 Å². The molecule has 164 valence electrons. The Morgan fingerprint density at radius 1 is 1.17 bits per heavy atom. The maximum Gasteiger partial charge on any atom is 0.416 e. The lowest BCUT2D eigenvalue weighted by atomic mass is 10.0. The quantitative estimate of drug-likeness (QED) is 0.697. The van der Waals surface area contributed by atoms with Crippen molar-refractivity contribution in [1.82, 2.24) is 9.62 Å². The van der Waals surface area contributed by atoms with Gasteiger partial charge in [-0.05, 0) is 49.6 Å². The first-order chi connectivity index (χ1) is 14.1. The SMILES string of the molecule is CC(NC(=O)Cc1ccc(S(=O)(=O)N2CCCCC2)s1)c1cccc(C(F)(F)F)c1. The lowest BCUT2D eigenvalue weighted by molar-refractivity contribution is -0.137. The smallest absolute Gasteiger partial charge is 0.349 e. The molecule has 5 nitrogen and oxygen atoms in total. The molecule has 1 atom stereocenters. The van der Waals surface area contributed by atoms with Gasteiger partial charge in [-0.1, -0.05) is 18.6 Å². The summed E-state index contributed by atoms with van der Waals surface area (Å²) in [6.45, 7) is 2.61. The number of hydrogen-bond acceptors (Lipinski definition) is 4. The molecule has 1 fully saturated rings. The van der Waals surface area contributed by atoms with E-state index in [1.54, 1.807) is 13.0 Å². The van der Waals surface area contributed by atoms with Crippen LogP contribution in [0.2, 0.25) is 0 Å². The number of rotatable bonds is 6. The third kappa shape index (κ3) is 5.41. The number of halogens is 3. The molecule has 1 aliphatic rings. The first kappa shape index (κ1) is 22.8. The Hall–Kier alpha value is -1.91. The molecule has 0 aliphatic carbocycles. The van der Waals surface area contributed by atoms with Crippen molar-refractivity contribution in [3.63, 3.8) is 0 Å². The normalized spacial score (nSPS) is 16.9. The summed E-state index contributed by atoms with van der Waals surface area (Å²) in [5.41, 5.74) is -0.426. The predicted octanol–water partition coefficient (Wildman–Crippen LogP) is 4.36. The Labute approximate surface area is 178 Å². The molecule has 0 bridgehead atoms. The van der Waals surface area contributed by atoms with Crippen LogP contribution in [0.3, 0.4) is 0 Å². The molecule has 3 rings (SSSR count). The van der Waals surface area contributed by atoms with E-state index in [1.165, 1.54) is 22.5 Å². The Morgan fingerprint density at radius 3 is 2.53 bits per heavy atom. The van der Waals surface area contributed by atoms with Gasteiger partial charge in [-0.25, -0.2) is 8.42 Å². The van der Waals surface area contributed by atoms with E-state index >= 15 is 0 Å². The molecular weight excluding hydrogens is 437 g/mol. The molecule has 1 aromatic heterocycles. The number of nitrogens with one attached hydrogen (secondary N) is 1. The van der Waals surface area contributed by atoms with Gasteiger partial charge in [0.1, 0.15) is 4.21 Å². The van der Waals surface area contributed by atoms with Crippen molar-refractivity contribution in [1.29, 1.82) is 0 Å². The molecule has 0 spiro atoms. The van der Waals surface area contributed by atoms with Crippen LogP contribution in [0.15, 0.2) is 40.6 Å². The third-order valence-electron chi connectivity index (χ3n) is 4.97. The second-order valence-electron chi connectivity index (χ2n) is 7.27. The van der Waals surface area contributed by atoms with Crippen LogP contribution in [0.5, 0.6) is 0 Å². The maximum absolute atomic E-state index is 12.9. The fraction of sp³-hybridized carbons (Fsp3) is 0.450. The van der Waals surface area contributed by atoms with Crippen LogP contribution < -0.4 is 5.32 Å². The van der Waals surface area contributed by atoms with E-state index in [1.807, 2.05) is 0 Å². The lowest BCUT2D eigenvalue weighted by Gasteiger charge is -2.25. The Balaban J connectivity index is 1.63. The summed E-state index contributed by atoms with van der Waals surface area (Å²) in [6.07, 6.45) is -1.79. The number of alkyl halides is 3. The molecular formula is C20H23F3N2O3S2. The summed E-state index contributed by atoms with van der Waals surface area (Å²) in [4.78, 5) is 12.9. The molecule has 1 N–H and O–H groups in total. The van der Waals surface area contributed by atoms with Gasteiger partial charge < -0.3 is 5.32 Å². The minimum absolute atomic E-state index is 0.0382. The van der Waals surface area contributed by atoms with Crippen LogP contribution >= 0.6 is 11.3 Å². The molecule has 2 heterocycles. The number of carbonyl (C=O) groups excluding carboxylic acids is 1. The van der Waals surface area contributed by atoms with Gasteiger partial charge in [-0.2, -0.15) is 17.5 Å². The van der Waals surface area contributed by atoms with Gasteiger partial charge in [0, 0.05) is 18.0 Å². The van der Waals surface area contributed by atoms with Crippen LogP contribution in [-0.4, -0.2) is 31.7 Å². The van der Waals surface area contributed by atoms with Crippen molar-refractivity contribution in [2.45, 2.75) is 49.0 Å². The highest BCUT2D eigenvalue weighted by Gasteiger charge is 2.31. The Kier molecular flexibility index (Phi) is 6.88. The summed E-state index contributed by atoms with van der Waals surface area (Å²) in [5, 5.41) is 2.68. The number of hydrogen-bond donors (Lipinski definition) is 1. The molecule has 0 radical (unpaired) electrons. The predicted molar refractivity (Wildman–Crippen MR) is 109 cm³/mol. The van der Waals surface area contributed by atoms with E-state index in [-0.39, 0.29) is 16.5 Å². The number of nitrogens with zero attached hydrogens (tertiary/aromatic N) is 1. The number of benzene rings is 1. The Morgan fingerprint density at radius 2 is 1.87 bits per heavy atom. The first-order valence-corrected chi connectivity index (χ1v) is 11.9. The number of sulfonamides is 1. The summed E-state index contributed by atoms with van der Waals surface area (Å²) in [5.74, 6) is -0.385. The van der Waals surface area contributed by atoms with E-state index in [0.717, 1.165) is 42.7 Å². The highest BCUT2D eigenvalue weighted by Crippen LogP contribution is 2.31. The molecule has 1 aliphatic heterocycles. The van der Waals surface area contributed by atoms with Crippen molar-refractivity contribution < 1.29 is 26.4 Å². The average molecular weight is 461 g/mol. The van der Waals surface area contributed by atoms with Crippen LogP contribution in [0, 0.1) is 0 Å². The van der Waals surface area contributed by atoms with Gasteiger partial charge >= 0.3 is 6.18 Å². The zero-order valence-corrected chi connectivity index (χ0v) is 18.0. The van der Waals surface area contributed by atoms with Gasteiger partial charge in [0.05, 0.1) is 18.0 Å². The fourth-order valence-electron chi connectivity index (χ4n) is 3.34. The standard InChI is InChI=1S/C20H23F3N2O3S2/c1-14(15-6-5-7-16(12-15)20(21,22)23)24-18(26)13-17-8-9-19(29-17)30(27,28)25-10-3-2-4-11-25/h5-9,12,14H,2-4,10-11,13H2,1H3,(H,24,26). The number of piperidine rings is 1. The molecule has 1 unspecified atom stereocenters. The lowest BCUT2D eigenvalue weighted by Crippen LogP contribution is -2.35. The minimum atomic E-state index is -4.45.